The van der Waals surface area contributed by atoms with Crippen LogP contribution in [0.25, 0.3) is 16.7 Å². The molecular formula is C19H24N4O2. The van der Waals surface area contributed by atoms with Crippen molar-refractivity contribution in [2.45, 2.75) is 24.9 Å². The van der Waals surface area contributed by atoms with Gasteiger partial charge in [0.25, 0.3) is 0 Å². The van der Waals surface area contributed by atoms with Gasteiger partial charge in [-0.2, -0.15) is 5.10 Å². The Bertz CT molecular complexity index is 794. The van der Waals surface area contributed by atoms with Crippen molar-refractivity contribution in [1.82, 2.24) is 20.0 Å². The summed E-state index contributed by atoms with van der Waals surface area (Å²) in [4.78, 5) is 13.1. The Balaban J connectivity index is 1.86. The summed E-state index contributed by atoms with van der Waals surface area (Å²) in [6.45, 7) is 0. The molecule has 0 unspecified atom stereocenters. The van der Waals surface area contributed by atoms with Gasteiger partial charge < -0.3 is 15.3 Å². The van der Waals surface area contributed by atoms with Crippen LogP contribution in [-0.2, 0) is 7.05 Å². The molecule has 3 rings (SSSR count). The Kier molecular flexibility index (Phi) is 4.90. The summed E-state index contributed by atoms with van der Waals surface area (Å²) in [5, 5.41) is 15.9. The van der Waals surface area contributed by atoms with E-state index in [2.05, 4.69) is 45.7 Å². The van der Waals surface area contributed by atoms with E-state index in [0.29, 0.717) is 6.42 Å². The molecule has 1 amide bonds. The topological polar surface area (TPSA) is 70.4 Å². The van der Waals surface area contributed by atoms with E-state index in [0.717, 1.165) is 17.5 Å². The van der Waals surface area contributed by atoms with E-state index in [1.165, 1.54) is 11.1 Å². The number of nitrogens with one attached hydrogen (secondary N) is 1. The molecule has 1 heterocycles. The number of carbonyl (C=O) groups is 1. The predicted molar refractivity (Wildman–Crippen MR) is 98.3 cm³/mol. The summed E-state index contributed by atoms with van der Waals surface area (Å²) in [5.41, 5.74) is 4.67. The molecule has 132 valence electrons. The largest absolute Gasteiger partial charge is 0.465 e. The first-order valence-corrected chi connectivity index (χ1v) is 8.38. The summed E-state index contributed by atoms with van der Waals surface area (Å²) >= 11 is 0. The van der Waals surface area contributed by atoms with Crippen LogP contribution < -0.4 is 5.32 Å². The van der Waals surface area contributed by atoms with E-state index in [-0.39, 0.29) is 12.1 Å². The molecule has 0 saturated heterocycles. The quantitative estimate of drug-likeness (QED) is 0.898. The fourth-order valence-electron chi connectivity index (χ4n) is 3.44. The van der Waals surface area contributed by atoms with Crippen LogP contribution in [0, 0.1) is 0 Å². The first-order valence-electron chi connectivity index (χ1n) is 8.38. The first kappa shape index (κ1) is 17.2. The monoisotopic (exact) mass is 340 g/mol. The van der Waals surface area contributed by atoms with Gasteiger partial charge in [0, 0.05) is 24.8 Å². The Labute approximate surface area is 147 Å². The molecule has 0 fully saturated rings. The van der Waals surface area contributed by atoms with Crippen molar-refractivity contribution < 1.29 is 9.90 Å². The van der Waals surface area contributed by atoms with Gasteiger partial charge in [-0.15, -0.1) is 0 Å². The highest BCUT2D eigenvalue weighted by Gasteiger charge is 2.29. The lowest BCUT2D eigenvalue weighted by Crippen LogP contribution is -2.50. The summed E-state index contributed by atoms with van der Waals surface area (Å²) in [7, 11) is 5.90. The molecule has 2 atom stereocenters. The SMILES string of the molecule is CN(C)[C@H]1CC(c2cccc(-c3cnn(C)c3)c2)=CC[C@@H]1NC(=O)O. The Hall–Kier alpha value is -2.60. The van der Waals surface area contributed by atoms with Gasteiger partial charge in [-0.25, -0.2) is 4.79 Å². The normalized spacial score (nSPS) is 20.4. The molecule has 0 spiro atoms. The summed E-state index contributed by atoms with van der Waals surface area (Å²) in [6, 6.07) is 8.49. The van der Waals surface area contributed by atoms with Crippen molar-refractivity contribution in [3.05, 3.63) is 48.3 Å². The van der Waals surface area contributed by atoms with Crippen LogP contribution in [0.1, 0.15) is 18.4 Å². The molecule has 0 saturated carbocycles. The van der Waals surface area contributed by atoms with Crippen molar-refractivity contribution in [3.8, 4) is 11.1 Å². The van der Waals surface area contributed by atoms with Gasteiger partial charge >= 0.3 is 6.09 Å². The van der Waals surface area contributed by atoms with Gasteiger partial charge in [-0.3, -0.25) is 4.68 Å². The van der Waals surface area contributed by atoms with Crippen LogP contribution in [-0.4, -0.2) is 52.1 Å². The molecule has 2 aromatic rings. The Morgan fingerprint density at radius 1 is 1.32 bits per heavy atom. The molecule has 1 aromatic heterocycles. The lowest BCUT2D eigenvalue weighted by Gasteiger charge is -2.36. The van der Waals surface area contributed by atoms with Gasteiger partial charge in [0.15, 0.2) is 0 Å². The molecule has 1 aliphatic carbocycles. The number of aromatic nitrogens is 2. The third-order valence-corrected chi connectivity index (χ3v) is 4.76. The standard InChI is InChI=1S/C19H24N4O2/c1-22(2)18-10-15(7-8-17(18)21-19(24)25)13-5-4-6-14(9-13)16-11-20-23(3)12-16/h4-7,9,11-12,17-18,21H,8,10H2,1-3H3,(H,24,25)/t17-,18-/m0/s1. The average Bonchev–Trinajstić information content (AvgIpc) is 3.01. The molecular weight excluding hydrogens is 316 g/mol. The number of benzene rings is 1. The second kappa shape index (κ2) is 7.11. The maximum absolute atomic E-state index is 11.0. The fourth-order valence-corrected chi connectivity index (χ4v) is 3.44. The lowest BCUT2D eigenvalue weighted by atomic mass is 9.85. The molecule has 1 aromatic carbocycles. The van der Waals surface area contributed by atoms with E-state index in [9.17, 15) is 4.79 Å². The highest BCUT2D eigenvalue weighted by molar-refractivity contribution is 5.73. The van der Waals surface area contributed by atoms with E-state index < -0.39 is 6.09 Å². The van der Waals surface area contributed by atoms with Crippen LogP contribution >= 0.6 is 0 Å². The maximum atomic E-state index is 11.0. The zero-order chi connectivity index (χ0) is 18.0. The van der Waals surface area contributed by atoms with E-state index >= 15 is 0 Å². The number of carboxylic acid groups (broad SMARTS) is 1. The van der Waals surface area contributed by atoms with E-state index in [1.54, 1.807) is 4.68 Å². The summed E-state index contributed by atoms with van der Waals surface area (Å²) in [6.07, 6.45) is 6.57. The smallest absolute Gasteiger partial charge is 0.404 e. The third kappa shape index (κ3) is 3.91. The number of aryl methyl sites for hydroxylation is 1. The van der Waals surface area contributed by atoms with Crippen molar-refractivity contribution in [1.29, 1.82) is 0 Å². The molecule has 0 aliphatic heterocycles. The minimum atomic E-state index is -0.965. The third-order valence-electron chi connectivity index (χ3n) is 4.76. The zero-order valence-corrected chi connectivity index (χ0v) is 14.8. The number of nitrogens with zero attached hydrogens (tertiary/aromatic N) is 3. The molecule has 6 nitrogen and oxygen atoms in total. The molecule has 2 N–H and O–H groups in total. The van der Waals surface area contributed by atoms with Crippen molar-refractivity contribution >= 4 is 11.7 Å². The number of likely N-dealkylation sites (N-methyl/N-ethyl adjacent to an activating group) is 1. The fraction of sp³-hybridized carbons (Fsp3) is 0.368. The van der Waals surface area contributed by atoms with Gasteiger partial charge in [-0.1, -0.05) is 24.3 Å². The molecule has 1 aliphatic rings. The number of hydrogen-bond donors (Lipinski definition) is 2. The summed E-state index contributed by atoms with van der Waals surface area (Å²) < 4.78 is 1.80. The maximum Gasteiger partial charge on any atom is 0.404 e. The zero-order valence-electron chi connectivity index (χ0n) is 14.8. The van der Waals surface area contributed by atoms with Crippen molar-refractivity contribution in [2.24, 2.45) is 7.05 Å². The average molecular weight is 340 g/mol. The number of amides is 1. The highest BCUT2D eigenvalue weighted by Crippen LogP contribution is 2.31. The Morgan fingerprint density at radius 3 is 2.72 bits per heavy atom. The molecule has 0 bridgehead atoms. The number of rotatable bonds is 4. The second-order valence-corrected chi connectivity index (χ2v) is 6.74. The van der Waals surface area contributed by atoms with E-state index in [1.807, 2.05) is 33.5 Å². The van der Waals surface area contributed by atoms with Gasteiger partial charge in [0.2, 0.25) is 0 Å². The molecule has 6 heteroatoms. The summed E-state index contributed by atoms with van der Waals surface area (Å²) in [5.74, 6) is 0. The van der Waals surface area contributed by atoms with Gasteiger partial charge in [-0.05, 0) is 49.7 Å². The minimum Gasteiger partial charge on any atom is -0.465 e. The minimum absolute atomic E-state index is 0.0854. The van der Waals surface area contributed by atoms with Crippen LogP contribution in [0.5, 0.6) is 0 Å². The second-order valence-electron chi connectivity index (χ2n) is 6.74. The van der Waals surface area contributed by atoms with E-state index in [4.69, 9.17) is 5.11 Å². The predicted octanol–water partition coefficient (Wildman–Crippen LogP) is 2.83. The highest BCUT2D eigenvalue weighted by atomic mass is 16.4. The van der Waals surface area contributed by atoms with Crippen LogP contribution in [0.3, 0.4) is 0 Å². The van der Waals surface area contributed by atoms with Crippen molar-refractivity contribution in [2.75, 3.05) is 14.1 Å². The van der Waals surface area contributed by atoms with Crippen LogP contribution in [0.4, 0.5) is 4.79 Å². The van der Waals surface area contributed by atoms with Crippen LogP contribution in [0.15, 0.2) is 42.7 Å². The molecule has 25 heavy (non-hydrogen) atoms. The lowest BCUT2D eigenvalue weighted by molar-refractivity contribution is 0.172. The first-order chi connectivity index (χ1) is 11.9. The van der Waals surface area contributed by atoms with Gasteiger partial charge in [0.05, 0.1) is 12.2 Å². The van der Waals surface area contributed by atoms with Crippen molar-refractivity contribution in [3.63, 3.8) is 0 Å². The molecule has 0 radical (unpaired) electrons. The number of hydrogen-bond acceptors (Lipinski definition) is 3. The van der Waals surface area contributed by atoms with Gasteiger partial charge in [0.1, 0.15) is 0 Å². The Morgan fingerprint density at radius 2 is 2.08 bits per heavy atom. The van der Waals surface area contributed by atoms with Crippen LogP contribution in [0.2, 0.25) is 0 Å².